The first-order valence-electron chi connectivity index (χ1n) is 10.4. The SMILES string of the molecule is C=C1C[C@]23C[C@@]1(OC(C)=O)CC[C@@H]2[C@]1(C)CCC[C@@](C)(C(=O)O)[C@@H]1[C@H](O)[C@@H]3O. The van der Waals surface area contributed by atoms with E-state index < -0.39 is 45.9 Å². The molecule has 0 aromatic rings. The number of carbonyl (C=O) groups excluding carboxylic acids is 1. The number of fused-ring (bicyclic) bond motifs is 3. The lowest BCUT2D eigenvalue weighted by Crippen LogP contribution is -2.69. The van der Waals surface area contributed by atoms with Crippen LogP contribution in [0.15, 0.2) is 12.2 Å². The van der Waals surface area contributed by atoms with Crippen LogP contribution in [0.25, 0.3) is 0 Å². The van der Waals surface area contributed by atoms with Gasteiger partial charge in [0.1, 0.15) is 5.60 Å². The lowest BCUT2D eigenvalue weighted by Gasteiger charge is -2.66. The third kappa shape index (κ3) is 2.22. The summed E-state index contributed by atoms with van der Waals surface area (Å²) in [4.78, 5) is 24.0. The third-order valence-corrected chi connectivity index (χ3v) is 9.02. The van der Waals surface area contributed by atoms with Crippen LogP contribution < -0.4 is 0 Å². The number of carbonyl (C=O) groups is 2. The van der Waals surface area contributed by atoms with Crippen molar-refractivity contribution in [1.82, 2.24) is 0 Å². The molecule has 0 aliphatic heterocycles. The quantitative estimate of drug-likeness (QED) is 0.493. The van der Waals surface area contributed by atoms with Crippen molar-refractivity contribution in [2.24, 2.45) is 28.1 Å². The fourth-order valence-electron chi connectivity index (χ4n) is 8.09. The van der Waals surface area contributed by atoms with Gasteiger partial charge in [0.2, 0.25) is 0 Å². The van der Waals surface area contributed by atoms with Crippen LogP contribution >= 0.6 is 0 Å². The molecule has 1 spiro atoms. The number of carboxylic acids is 1. The molecule has 2 bridgehead atoms. The first-order chi connectivity index (χ1) is 12.9. The Bertz CT molecular complexity index is 747. The number of carboxylic acid groups (broad SMARTS) is 1. The van der Waals surface area contributed by atoms with Crippen molar-refractivity contribution >= 4 is 11.9 Å². The molecule has 4 fully saturated rings. The standard InChI is InChI=1S/C22H32O6/c1-12-10-21-11-22(12,28-13(2)23)9-6-14(21)19(3)7-5-8-20(4,18(26)27)16(19)15(24)17(21)25/h14-17,24-25H,1,5-11H2,2-4H3,(H,26,27)/t14-,15+,16-,17+,19+,20-,21+,22+/m1/s1. The zero-order valence-corrected chi connectivity index (χ0v) is 17.0. The van der Waals surface area contributed by atoms with Gasteiger partial charge in [0.25, 0.3) is 0 Å². The van der Waals surface area contributed by atoms with E-state index in [1.54, 1.807) is 6.92 Å². The Labute approximate surface area is 166 Å². The Morgan fingerprint density at radius 2 is 1.86 bits per heavy atom. The second kappa shape index (κ2) is 5.82. The molecule has 4 saturated carbocycles. The summed E-state index contributed by atoms with van der Waals surface area (Å²) in [5, 5.41) is 32.6. The number of hydrogen-bond donors (Lipinski definition) is 3. The Hall–Kier alpha value is -1.40. The Kier molecular flexibility index (Phi) is 4.13. The van der Waals surface area contributed by atoms with E-state index in [-0.39, 0.29) is 11.9 Å². The molecule has 6 nitrogen and oxygen atoms in total. The molecule has 28 heavy (non-hydrogen) atoms. The van der Waals surface area contributed by atoms with Gasteiger partial charge in [-0.15, -0.1) is 0 Å². The van der Waals surface area contributed by atoms with Gasteiger partial charge in [-0.3, -0.25) is 9.59 Å². The molecular weight excluding hydrogens is 360 g/mol. The van der Waals surface area contributed by atoms with Crippen molar-refractivity contribution < 1.29 is 29.6 Å². The predicted octanol–water partition coefficient (Wildman–Crippen LogP) is 2.67. The van der Waals surface area contributed by atoms with E-state index in [0.717, 1.165) is 24.8 Å². The normalized spacial score (nSPS) is 52.5. The fourth-order valence-corrected chi connectivity index (χ4v) is 8.09. The van der Waals surface area contributed by atoms with Crippen LogP contribution in [0.4, 0.5) is 0 Å². The second-order valence-corrected chi connectivity index (χ2v) is 10.4. The summed E-state index contributed by atoms with van der Waals surface area (Å²) in [5.41, 5.74) is -2.02. The number of hydrogen-bond acceptors (Lipinski definition) is 5. The van der Waals surface area contributed by atoms with Crippen LogP contribution in [0.2, 0.25) is 0 Å². The van der Waals surface area contributed by atoms with E-state index >= 15 is 0 Å². The van der Waals surface area contributed by atoms with Gasteiger partial charge < -0.3 is 20.1 Å². The zero-order chi connectivity index (χ0) is 20.7. The summed E-state index contributed by atoms with van der Waals surface area (Å²) in [6.07, 6.45) is 2.32. The van der Waals surface area contributed by atoms with Crippen molar-refractivity contribution in [3.05, 3.63) is 12.2 Å². The highest BCUT2D eigenvalue weighted by Crippen LogP contribution is 2.73. The molecule has 4 aliphatic rings. The van der Waals surface area contributed by atoms with Crippen LogP contribution in [0, 0.1) is 28.1 Å². The van der Waals surface area contributed by atoms with Crippen molar-refractivity contribution in [3.63, 3.8) is 0 Å². The summed E-state index contributed by atoms with van der Waals surface area (Å²) in [6, 6.07) is 0. The van der Waals surface area contributed by atoms with Gasteiger partial charge in [-0.05, 0) is 62.4 Å². The van der Waals surface area contributed by atoms with Gasteiger partial charge in [-0.1, -0.05) is 19.9 Å². The van der Waals surface area contributed by atoms with Crippen LogP contribution in [0.3, 0.4) is 0 Å². The van der Waals surface area contributed by atoms with E-state index in [1.165, 1.54) is 6.92 Å². The van der Waals surface area contributed by atoms with Gasteiger partial charge >= 0.3 is 11.9 Å². The monoisotopic (exact) mass is 392 g/mol. The van der Waals surface area contributed by atoms with Gasteiger partial charge in [-0.25, -0.2) is 0 Å². The molecule has 8 atom stereocenters. The lowest BCUT2D eigenvalue weighted by molar-refractivity contribution is -0.261. The van der Waals surface area contributed by atoms with Crippen molar-refractivity contribution in [3.8, 4) is 0 Å². The minimum atomic E-state index is -1.12. The maximum absolute atomic E-state index is 12.2. The molecule has 0 saturated heterocycles. The molecule has 0 aromatic heterocycles. The summed E-state index contributed by atoms with van der Waals surface area (Å²) in [5.74, 6) is -1.70. The number of ether oxygens (including phenoxy) is 1. The number of aliphatic hydroxyl groups excluding tert-OH is 2. The first-order valence-corrected chi connectivity index (χ1v) is 10.4. The van der Waals surface area contributed by atoms with Gasteiger partial charge in [-0.2, -0.15) is 0 Å². The van der Waals surface area contributed by atoms with Gasteiger partial charge in [0.05, 0.1) is 17.6 Å². The van der Waals surface area contributed by atoms with Gasteiger partial charge in [0, 0.05) is 18.3 Å². The number of rotatable bonds is 2. The van der Waals surface area contributed by atoms with E-state index in [1.807, 2.05) is 0 Å². The Morgan fingerprint density at radius 1 is 1.18 bits per heavy atom. The summed E-state index contributed by atoms with van der Waals surface area (Å²) >= 11 is 0. The molecule has 156 valence electrons. The fraction of sp³-hybridized carbons (Fsp3) is 0.818. The van der Waals surface area contributed by atoms with E-state index in [2.05, 4.69) is 13.5 Å². The number of aliphatic carboxylic acids is 1. The highest BCUT2D eigenvalue weighted by atomic mass is 16.6. The van der Waals surface area contributed by atoms with Crippen LogP contribution in [0.5, 0.6) is 0 Å². The number of esters is 1. The largest absolute Gasteiger partial charge is 0.481 e. The third-order valence-electron chi connectivity index (χ3n) is 9.02. The average Bonchev–Trinajstić information content (AvgIpc) is 2.79. The molecule has 0 radical (unpaired) electrons. The van der Waals surface area contributed by atoms with Crippen LogP contribution in [-0.2, 0) is 14.3 Å². The number of aliphatic hydroxyl groups is 2. The molecule has 6 heteroatoms. The van der Waals surface area contributed by atoms with E-state index in [9.17, 15) is 24.9 Å². The zero-order valence-electron chi connectivity index (χ0n) is 17.0. The molecule has 0 aromatic carbocycles. The average molecular weight is 392 g/mol. The Morgan fingerprint density at radius 3 is 2.46 bits per heavy atom. The van der Waals surface area contributed by atoms with E-state index in [0.29, 0.717) is 25.7 Å². The predicted molar refractivity (Wildman–Crippen MR) is 101 cm³/mol. The van der Waals surface area contributed by atoms with E-state index in [4.69, 9.17) is 4.74 Å². The minimum Gasteiger partial charge on any atom is -0.481 e. The smallest absolute Gasteiger partial charge is 0.309 e. The first kappa shape index (κ1) is 19.9. The highest BCUT2D eigenvalue weighted by molar-refractivity contribution is 5.75. The molecule has 3 N–H and O–H groups in total. The summed E-state index contributed by atoms with van der Waals surface area (Å²) < 4.78 is 5.73. The maximum atomic E-state index is 12.2. The van der Waals surface area contributed by atoms with Crippen molar-refractivity contribution in [2.45, 2.75) is 83.5 Å². The topological polar surface area (TPSA) is 104 Å². The maximum Gasteiger partial charge on any atom is 0.309 e. The summed E-state index contributed by atoms with van der Waals surface area (Å²) in [7, 11) is 0. The molecule has 0 unspecified atom stereocenters. The molecule has 4 aliphatic carbocycles. The molecule has 0 amide bonds. The lowest BCUT2D eigenvalue weighted by atomic mass is 9.39. The van der Waals surface area contributed by atoms with Gasteiger partial charge in [0.15, 0.2) is 0 Å². The van der Waals surface area contributed by atoms with Crippen LogP contribution in [0.1, 0.15) is 65.7 Å². The molecule has 0 heterocycles. The minimum absolute atomic E-state index is 0.0605. The van der Waals surface area contributed by atoms with Crippen molar-refractivity contribution in [1.29, 1.82) is 0 Å². The molecular formula is C22H32O6. The Balaban J connectivity index is 1.82. The van der Waals surface area contributed by atoms with Crippen molar-refractivity contribution in [2.75, 3.05) is 0 Å². The summed E-state index contributed by atoms with van der Waals surface area (Å²) in [6.45, 7) is 9.42. The van der Waals surface area contributed by atoms with Crippen LogP contribution in [-0.4, -0.2) is 45.1 Å². The second-order valence-electron chi connectivity index (χ2n) is 10.4. The molecule has 4 rings (SSSR count). The highest BCUT2D eigenvalue weighted by Gasteiger charge is 2.74.